The molecule has 2 N–H and O–H groups in total. The molecule has 3 aromatic rings. The standard InChI is InChI=1S/C24H24ClN3O4/c1-3-20-14(2)19-11-18(8-9-21(19)32-20)27-24-26-12-16(10-22(29)30)23(31)28(24)13-15-4-6-17(25)7-5-15/h4-9,11,16H,3,10,12-13H2,1-2H3,(H,26,27)(H,29,30). The molecule has 0 spiro atoms. The van der Waals surface area contributed by atoms with Crippen LogP contribution in [-0.2, 0) is 22.6 Å². The zero-order chi connectivity index (χ0) is 22.8. The van der Waals surface area contributed by atoms with E-state index in [1.807, 2.05) is 37.3 Å². The summed E-state index contributed by atoms with van der Waals surface area (Å²) >= 11 is 5.98. The second kappa shape index (κ2) is 9.04. The summed E-state index contributed by atoms with van der Waals surface area (Å²) in [4.78, 5) is 30.4. The molecule has 1 aromatic heterocycles. The first-order chi connectivity index (χ1) is 15.4. The average Bonchev–Trinajstić information content (AvgIpc) is 3.09. The first kappa shape index (κ1) is 21.9. The normalized spacial score (nSPS) is 16.3. The van der Waals surface area contributed by atoms with Gasteiger partial charge >= 0.3 is 5.97 Å². The molecule has 1 aliphatic heterocycles. The van der Waals surface area contributed by atoms with E-state index in [-0.39, 0.29) is 25.4 Å². The average molecular weight is 454 g/mol. The van der Waals surface area contributed by atoms with E-state index in [2.05, 4.69) is 17.2 Å². The zero-order valence-corrected chi connectivity index (χ0v) is 18.6. The number of aryl methyl sites for hydroxylation is 2. The highest BCUT2D eigenvalue weighted by Gasteiger charge is 2.33. The summed E-state index contributed by atoms with van der Waals surface area (Å²) in [5, 5.41) is 14.0. The van der Waals surface area contributed by atoms with Crippen molar-refractivity contribution < 1.29 is 19.1 Å². The van der Waals surface area contributed by atoms with Gasteiger partial charge in [0, 0.05) is 22.5 Å². The molecule has 1 unspecified atom stereocenters. The number of carboxylic acid groups (broad SMARTS) is 1. The van der Waals surface area contributed by atoms with Crippen molar-refractivity contribution in [2.45, 2.75) is 33.2 Å². The molecule has 8 heteroatoms. The molecule has 4 rings (SSSR count). The Hall–Kier alpha value is -3.32. The van der Waals surface area contributed by atoms with Crippen molar-refractivity contribution in [3.8, 4) is 0 Å². The molecule has 32 heavy (non-hydrogen) atoms. The monoisotopic (exact) mass is 453 g/mol. The molecule has 1 amide bonds. The molecule has 1 aliphatic rings. The van der Waals surface area contributed by atoms with Crippen LogP contribution in [-0.4, -0.2) is 34.4 Å². The van der Waals surface area contributed by atoms with Gasteiger partial charge in [0.25, 0.3) is 0 Å². The van der Waals surface area contributed by atoms with Crippen molar-refractivity contribution in [2.75, 3.05) is 11.9 Å². The Morgan fingerprint density at radius 1 is 1.28 bits per heavy atom. The van der Waals surface area contributed by atoms with Crippen LogP contribution in [0.3, 0.4) is 0 Å². The van der Waals surface area contributed by atoms with E-state index >= 15 is 0 Å². The van der Waals surface area contributed by atoms with E-state index in [1.54, 1.807) is 12.1 Å². The highest BCUT2D eigenvalue weighted by atomic mass is 35.5. The van der Waals surface area contributed by atoms with Gasteiger partial charge in [-0.1, -0.05) is 30.7 Å². The Labute approximate surface area is 190 Å². The summed E-state index contributed by atoms with van der Waals surface area (Å²) in [5.41, 5.74) is 3.54. The number of aliphatic carboxylic acids is 1. The van der Waals surface area contributed by atoms with Crippen LogP contribution in [0.1, 0.15) is 30.2 Å². The molecule has 0 fully saturated rings. The molecule has 7 nitrogen and oxygen atoms in total. The summed E-state index contributed by atoms with van der Waals surface area (Å²) < 4.78 is 5.88. The molecule has 1 atom stereocenters. The molecule has 2 aromatic carbocycles. The number of carbonyl (C=O) groups is 2. The number of carboxylic acids is 1. The largest absolute Gasteiger partial charge is 0.481 e. The Bertz CT molecular complexity index is 1200. The highest BCUT2D eigenvalue weighted by Crippen LogP contribution is 2.29. The number of hydrogen-bond acceptors (Lipinski definition) is 5. The van der Waals surface area contributed by atoms with Crippen molar-refractivity contribution >= 4 is 46.1 Å². The molecule has 166 valence electrons. The van der Waals surface area contributed by atoms with Crippen molar-refractivity contribution in [3.63, 3.8) is 0 Å². The van der Waals surface area contributed by atoms with Gasteiger partial charge in [-0.15, -0.1) is 0 Å². The van der Waals surface area contributed by atoms with Gasteiger partial charge in [0.15, 0.2) is 0 Å². The number of benzene rings is 2. The lowest BCUT2D eigenvalue weighted by atomic mass is 10.0. The van der Waals surface area contributed by atoms with Gasteiger partial charge in [-0.3, -0.25) is 19.5 Å². The van der Waals surface area contributed by atoms with Gasteiger partial charge in [-0.25, -0.2) is 0 Å². The number of halogens is 1. The lowest BCUT2D eigenvalue weighted by Crippen LogP contribution is -2.48. The predicted molar refractivity (Wildman–Crippen MR) is 124 cm³/mol. The SMILES string of the molecule is CCc1oc2ccc(NC3=NCC(CC(=O)O)C(=O)N3Cc3ccc(Cl)cc3)cc2c1C. The van der Waals surface area contributed by atoms with E-state index in [0.29, 0.717) is 11.0 Å². The maximum atomic E-state index is 13.1. The van der Waals surface area contributed by atoms with E-state index < -0.39 is 11.9 Å². The third kappa shape index (κ3) is 4.48. The fourth-order valence-electron chi connectivity index (χ4n) is 3.90. The Balaban J connectivity index is 1.64. The fourth-order valence-corrected chi connectivity index (χ4v) is 4.02. The number of guanidine groups is 1. The minimum Gasteiger partial charge on any atom is -0.481 e. The Kier molecular flexibility index (Phi) is 6.19. The quantitative estimate of drug-likeness (QED) is 0.555. The minimum absolute atomic E-state index is 0.123. The summed E-state index contributed by atoms with van der Waals surface area (Å²) in [5.74, 6) is -0.648. The second-order valence-corrected chi connectivity index (χ2v) is 8.29. The lowest BCUT2D eigenvalue weighted by molar-refractivity contribution is -0.143. The number of furan rings is 1. The van der Waals surface area contributed by atoms with Gasteiger partial charge in [-0.2, -0.15) is 0 Å². The molecule has 0 saturated carbocycles. The molecule has 0 aliphatic carbocycles. The smallest absolute Gasteiger partial charge is 0.304 e. The number of hydrogen-bond donors (Lipinski definition) is 2. The summed E-state index contributed by atoms with van der Waals surface area (Å²) in [6.45, 7) is 4.45. The maximum absolute atomic E-state index is 13.1. The number of anilines is 1. The third-order valence-corrected chi connectivity index (χ3v) is 5.87. The van der Waals surface area contributed by atoms with Crippen LogP contribution < -0.4 is 5.32 Å². The Morgan fingerprint density at radius 2 is 2.03 bits per heavy atom. The van der Waals surface area contributed by atoms with Gasteiger partial charge < -0.3 is 14.8 Å². The predicted octanol–water partition coefficient (Wildman–Crippen LogP) is 4.86. The van der Waals surface area contributed by atoms with E-state index in [9.17, 15) is 14.7 Å². The third-order valence-electron chi connectivity index (χ3n) is 5.62. The summed E-state index contributed by atoms with van der Waals surface area (Å²) in [6, 6.07) is 12.9. The molecular formula is C24H24ClN3O4. The molecule has 0 bridgehead atoms. The Morgan fingerprint density at radius 3 is 2.72 bits per heavy atom. The minimum atomic E-state index is -1.02. The fraction of sp³-hybridized carbons (Fsp3) is 0.292. The maximum Gasteiger partial charge on any atom is 0.304 e. The van der Waals surface area contributed by atoms with Crippen LogP contribution in [0.5, 0.6) is 0 Å². The van der Waals surface area contributed by atoms with Gasteiger partial charge in [0.2, 0.25) is 11.9 Å². The topological polar surface area (TPSA) is 95.1 Å². The van der Waals surface area contributed by atoms with Crippen molar-refractivity contribution in [3.05, 3.63) is 64.4 Å². The number of nitrogens with zero attached hydrogens (tertiary/aromatic N) is 2. The van der Waals surface area contributed by atoms with E-state index in [0.717, 1.165) is 40.0 Å². The van der Waals surface area contributed by atoms with Crippen LogP contribution >= 0.6 is 11.6 Å². The molecule has 0 saturated heterocycles. The van der Waals surface area contributed by atoms with Crippen molar-refractivity contribution in [1.29, 1.82) is 0 Å². The highest BCUT2D eigenvalue weighted by molar-refractivity contribution is 6.30. The number of rotatable bonds is 6. The van der Waals surface area contributed by atoms with Crippen LogP contribution in [0.2, 0.25) is 5.02 Å². The van der Waals surface area contributed by atoms with Gasteiger partial charge in [-0.05, 0) is 48.4 Å². The number of fused-ring (bicyclic) bond motifs is 1. The number of aliphatic imine (C=N–C) groups is 1. The van der Waals surface area contributed by atoms with Gasteiger partial charge in [0.05, 0.1) is 25.4 Å². The molecule has 0 radical (unpaired) electrons. The van der Waals surface area contributed by atoms with Crippen LogP contribution in [0.15, 0.2) is 51.9 Å². The van der Waals surface area contributed by atoms with E-state index in [4.69, 9.17) is 16.0 Å². The first-order valence-electron chi connectivity index (χ1n) is 10.5. The number of carbonyl (C=O) groups excluding carboxylic acids is 1. The number of nitrogens with one attached hydrogen (secondary N) is 1. The number of amides is 1. The first-order valence-corrected chi connectivity index (χ1v) is 10.8. The van der Waals surface area contributed by atoms with Crippen LogP contribution in [0.4, 0.5) is 5.69 Å². The summed E-state index contributed by atoms with van der Waals surface area (Å²) in [6.07, 6.45) is 0.553. The van der Waals surface area contributed by atoms with Crippen LogP contribution in [0, 0.1) is 12.8 Å². The van der Waals surface area contributed by atoms with Crippen molar-refractivity contribution in [1.82, 2.24) is 4.90 Å². The second-order valence-electron chi connectivity index (χ2n) is 7.85. The summed E-state index contributed by atoms with van der Waals surface area (Å²) in [7, 11) is 0. The molecule has 2 heterocycles. The van der Waals surface area contributed by atoms with Gasteiger partial charge in [0.1, 0.15) is 11.3 Å². The lowest BCUT2D eigenvalue weighted by Gasteiger charge is -2.32. The van der Waals surface area contributed by atoms with Crippen LogP contribution in [0.25, 0.3) is 11.0 Å². The van der Waals surface area contributed by atoms with E-state index in [1.165, 1.54) is 4.90 Å². The molecular weight excluding hydrogens is 430 g/mol. The zero-order valence-electron chi connectivity index (χ0n) is 17.9. The van der Waals surface area contributed by atoms with Crippen molar-refractivity contribution in [2.24, 2.45) is 10.9 Å².